The van der Waals surface area contributed by atoms with Gasteiger partial charge in [0.15, 0.2) is 0 Å². The summed E-state index contributed by atoms with van der Waals surface area (Å²) in [5.74, 6) is -0.0786. The summed E-state index contributed by atoms with van der Waals surface area (Å²) < 4.78 is 0. The molecular weight excluding hydrogens is 254 g/mol. The summed E-state index contributed by atoms with van der Waals surface area (Å²) in [4.78, 5) is 24.6. The van der Waals surface area contributed by atoms with Crippen LogP contribution in [0.3, 0.4) is 0 Å². The van der Waals surface area contributed by atoms with Gasteiger partial charge in [0.2, 0.25) is 11.8 Å². The van der Waals surface area contributed by atoms with Crippen LogP contribution in [0.2, 0.25) is 0 Å². The number of primary amides is 1. The number of nitrogens with zero attached hydrogens (tertiary/aromatic N) is 1. The number of carbonyl (C=O) groups is 2. The minimum absolute atomic E-state index is 0. The van der Waals surface area contributed by atoms with Gasteiger partial charge in [-0.15, -0.1) is 12.4 Å². The van der Waals surface area contributed by atoms with Gasteiger partial charge < -0.3 is 16.0 Å². The molecule has 106 valence electrons. The highest BCUT2D eigenvalue weighted by atomic mass is 35.5. The molecule has 1 unspecified atom stereocenters. The van der Waals surface area contributed by atoms with E-state index in [0.717, 1.165) is 19.4 Å². The summed E-state index contributed by atoms with van der Waals surface area (Å²) in [5, 5.41) is 3.29. The Morgan fingerprint density at radius 1 is 1.44 bits per heavy atom. The molecule has 1 aliphatic heterocycles. The molecule has 1 aliphatic rings. The predicted octanol–water partition coefficient (Wildman–Crippen LogP) is 0.520. The highest BCUT2D eigenvalue weighted by Crippen LogP contribution is 2.11. The van der Waals surface area contributed by atoms with Gasteiger partial charge in [0.1, 0.15) is 0 Å². The molecule has 0 bridgehead atoms. The van der Waals surface area contributed by atoms with Crippen molar-refractivity contribution in [2.75, 3.05) is 19.6 Å². The van der Waals surface area contributed by atoms with Crippen LogP contribution in [0.25, 0.3) is 0 Å². The number of hydrogen-bond acceptors (Lipinski definition) is 3. The molecule has 1 atom stereocenters. The molecule has 5 nitrogen and oxygen atoms in total. The zero-order valence-electron chi connectivity index (χ0n) is 11.1. The summed E-state index contributed by atoms with van der Waals surface area (Å²) in [5.41, 5.74) is 5.17. The number of hydrogen-bond donors (Lipinski definition) is 2. The van der Waals surface area contributed by atoms with Crippen molar-refractivity contribution in [2.24, 2.45) is 11.7 Å². The summed E-state index contributed by atoms with van der Waals surface area (Å²) in [6, 6.07) is 0.269. The van der Waals surface area contributed by atoms with Gasteiger partial charge >= 0.3 is 0 Å². The van der Waals surface area contributed by atoms with Crippen LogP contribution in [-0.4, -0.2) is 42.4 Å². The first kappa shape index (κ1) is 17.2. The Kier molecular flexibility index (Phi) is 7.95. The standard InChI is InChI=1S/C12H23N3O2.ClH/c1-9(2)7-15(8-11(13)16)12(17)6-10-4-3-5-14-10;/h9-10,14H,3-8H2,1-2H3,(H2,13,16);1H. The quantitative estimate of drug-likeness (QED) is 0.743. The number of amides is 2. The molecule has 1 heterocycles. The Hall–Kier alpha value is -0.810. The Labute approximate surface area is 115 Å². The van der Waals surface area contributed by atoms with E-state index in [2.05, 4.69) is 5.32 Å². The van der Waals surface area contributed by atoms with Crippen molar-refractivity contribution >= 4 is 24.2 Å². The first-order valence-corrected chi connectivity index (χ1v) is 6.28. The van der Waals surface area contributed by atoms with Gasteiger partial charge in [-0.1, -0.05) is 13.8 Å². The average Bonchev–Trinajstić information content (AvgIpc) is 2.67. The molecule has 2 amide bonds. The van der Waals surface area contributed by atoms with Crippen LogP contribution in [0.5, 0.6) is 0 Å². The third-order valence-electron chi connectivity index (χ3n) is 2.87. The molecule has 0 aliphatic carbocycles. The second kappa shape index (κ2) is 8.32. The van der Waals surface area contributed by atoms with Crippen LogP contribution in [0.1, 0.15) is 33.1 Å². The maximum atomic E-state index is 12.0. The third kappa shape index (κ3) is 6.21. The smallest absolute Gasteiger partial charge is 0.237 e. The molecule has 6 heteroatoms. The lowest BCUT2D eigenvalue weighted by Gasteiger charge is -2.24. The van der Waals surface area contributed by atoms with Crippen LogP contribution in [-0.2, 0) is 9.59 Å². The monoisotopic (exact) mass is 277 g/mol. The molecule has 0 spiro atoms. The van der Waals surface area contributed by atoms with E-state index < -0.39 is 5.91 Å². The van der Waals surface area contributed by atoms with Crippen molar-refractivity contribution in [3.63, 3.8) is 0 Å². The van der Waals surface area contributed by atoms with E-state index in [0.29, 0.717) is 18.9 Å². The fourth-order valence-corrected chi connectivity index (χ4v) is 2.15. The Bertz CT molecular complexity index is 278. The minimum atomic E-state index is -0.446. The van der Waals surface area contributed by atoms with Crippen molar-refractivity contribution in [3.05, 3.63) is 0 Å². The van der Waals surface area contributed by atoms with E-state index in [1.807, 2.05) is 13.8 Å². The molecule has 0 saturated carbocycles. The molecule has 0 aromatic carbocycles. The van der Waals surface area contributed by atoms with Crippen molar-refractivity contribution in [1.29, 1.82) is 0 Å². The van der Waals surface area contributed by atoms with E-state index in [4.69, 9.17) is 5.73 Å². The molecule has 1 saturated heterocycles. The van der Waals surface area contributed by atoms with Crippen molar-refractivity contribution in [3.8, 4) is 0 Å². The first-order valence-electron chi connectivity index (χ1n) is 6.28. The lowest BCUT2D eigenvalue weighted by molar-refractivity contribution is -0.136. The first-order chi connectivity index (χ1) is 7.99. The van der Waals surface area contributed by atoms with E-state index in [1.54, 1.807) is 4.90 Å². The summed E-state index contributed by atoms with van der Waals surface area (Å²) in [7, 11) is 0. The molecule has 0 radical (unpaired) electrons. The normalized spacial score (nSPS) is 18.5. The lowest BCUT2D eigenvalue weighted by Crippen LogP contribution is -2.42. The van der Waals surface area contributed by atoms with Gasteiger partial charge in [-0.2, -0.15) is 0 Å². The Morgan fingerprint density at radius 3 is 2.56 bits per heavy atom. The van der Waals surface area contributed by atoms with E-state index in [1.165, 1.54) is 0 Å². The van der Waals surface area contributed by atoms with Gasteiger partial charge in [0.25, 0.3) is 0 Å². The maximum Gasteiger partial charge on any atom is 0.237 e. The maximum absolute atomic E-state index is 12.0. The molecule has 3 N–H and O–H groups in total. The highest BCUT2D eigenvalue weighted by Gasteiger charge is 2.22. The van der Waals surface area contributed by atoms with Gasteiger partial charge in [-0.3, -0.25) is 9.59 Å². The van der Waals surface area contributed by atoms with Gasteiger partial charge in [-0.05, 0) is 25.3 Å². The number of nitrogens with two attached hydrogens (primary N) is 1. The van der Waals surface area contributed by atoms with Crippen LogP contribution >= 0.6 is 12.4 Å². The fourth-order valence-electron chi connectivity index (χ4n) is 2.15. The van der Waals surface area contributed by atoms with E-state index in [-0.39, 0.29) is 30.9 Å². The number of halogens is 1. The van der Waals surface area contributed by atoms with Gasteiger partial charge in [0.05, 0.1) is 6.54 Å². The molecule has 1 fully saturated rings. The number of nitrogens with one attached hydrogen (secondary N) is 1. The second-order valence-corrected chi connectivity index (χ2v) is 5.13. The SMILES string of the molecule is CC(C)CN(CC(N)=O)C(=O)CC1CCCN1.Cl. The predicted molar refractivity (Wildman–Crippen MR) is 73.5 cm³/mol. The average molecular weight is 278 g/mol. The Balaban J connectivity index is 0.00000289. The van der Waals surface area contributed by atoms with E-state index >= 15 is 0 Å². The van der Waals surface area contributed by atoms with Crippen molar-refractivity contribution in [1.82, 2.24) is 10.2 Å². The zero-order chi connectivity index (χ0) is 12.8. The largest absolute Gasteiger partial charge is 0.368 e. The Morgan fingerprint density at radius 2 is 2.11 bits per heavy atom. The van der Waals surface area contributed by atoms with Crippen LogP contribution in [0, 0.1) is 5.92 Å². The molecule has 1 rings (SSSR count). The van der Waals surface area contributed by atoms with Gasteiger partial charge in [0, 0.05) is 19.0 Å². The summed E-state index contributed by atoms with van der Waals surface area (Å²) >= 11 is 0. The molecule has 0 aromatic heterocycles. The summed E-state index contributed by atoms with van der Waals surface area (Å²) in [6.07, 6.45) is 2.63. The lowest BCUT2D eigenvalue weighted by atomic mass is 10.1. The summed E-state index contributed by atoms with van der Waals surface area (Å²) in [6.45, 7) is 5.65. The topological polar surface area (TPSA) is 75.4 Å². The number of carbonyl (C=O) groups excluding carboxylic acids is 2. The minimum Gasteiger partial charge on any atom is -0.368 e. The molecular formula is C12H24ClN3O2. The molecule has 0 aromatic rings. The van der Waals surface area contributed by atoms with Crippen LogP contribution in [0.4, 0.5) is 0 Å². The van der Waals surface area contributed by atoms with Crippen LogP contribution in [0.15, 0.2) is 0 Å². The molecule has 18 heavy (non-hydrogen) atoms. The fraction of sp³-hybridized carbons (Fsp3) is 0.833. The number of rotatable bonds is 6. The zero-order valence-corrected chi connectivity index (χ0v) is 12.0. The second-order valence-electron chi connectivity index (χ2n) is 5.13. The van der Waals surface area contributed by atoms with E-state index in [9.17, 15) is 9.59 Å². The van der Waals surface area contributed by atoms with Crippen LogP contribution < -0.4 is 11.1 Å². The van der Waals surface area contributed by atoms with Crippen molar-refractivity contribution < 1.29 is 9.59 Å². The van der Waals surface area contributed by atoms with Crippen molar-refractivity contribution in [2.45, 2.75) is 39.2 Å². The third-order valence-corrected chi connectivity index (χ3v) is 2.87. The highest BCUT2D eigenvalue weighted by molar-refractivity contribution is 5.85. The van der Waals surface area contributed by atoms with Gasteiger partial charge in [-0.25, -0.2) is 0 Å².